The second-order valence-electron chi connectivity index (χ2n) is 9.58. The Kier molecular flexibility index (Phi) is 5.61. The molecule has 4 heterocycles. The van der Waals surface area contributed by atoms with Crippen molar-refractivity contribution in [3.05, 3.63) is 59.8 Å². The fourth-order valence-electron chi connectivity index (χ4n) is 5.61. The summed E-state index contributed by atoms with van der Waals surface area (Å²) in [6.07, 6.45) is 5.63. The molecular weight excluding hydrogens is 426 g/mol. The van der Waals surface area contributed by atoms with Crippen LogP contribution in [0.1, 0.15) is 36.9 Å². The van der Waals surface area contributed by atoms with Crippen molar-refractivity contribution in [3.63, 3.8) is 0 Å². The molecule has 0 aliphatic carbocycles. The molecule has 1 fully saturated rings. The van der Waals surface area contributed by atoms with Crippen LogP contribution in [0.5, 0.6) is 17.2 Å². The number of para-hydroxylation sites is 1. The van der Waals surface area contributed by atoms with E-state index < -0.39 is 0 Å². The van der Waals surface area contributed by atoms with Crippen LogP contribution in [-0.4, -0.2) is 44.0 Å². The zero-order chi connectivity index (χ0) is 23.1. The predicted octanol–water partition coefficient (Wildman–Crippen LogP) is 4.81. The Hall–Kier alpha value is -3.12. The molecule has 6 nitrogen and oxygen atoms in total. The lowest BCUT2D eigenvalue weighted by atomic mass is 9.97. The molecule has 0 radical (unpaired) electrons. The summed E-state index contributed by atoms with van der Waals surface area (Å²) in [7, 11) is 1.74. The number of benzene rings is 2. The molecule has 0 spiro atoms. The Morgan fingerprint density at radius 1 is 1.03 bits per heavy atom. The van der Waals surface area contributed by atoms with Crippen molar-refractivity contribution in [1.82, 2.24) is 9.88 Å². The highest BCUT2D eigenvalue weighted by atomic mass is 16.6. The van der Waals surface area contributed by atoms with Gasteiger partial charge in [0.05, 0.1) is 12.8 Å². The minimum atomic E-state index is 0.310. The Balaban J connectivity index is 1.12. The van der Waals surface area contributed by atoms with E-state index in [0.717, 1.165) is 61.8 Å². The second-order valence-corrected chi connectivity index (χ2v) is 9.58. The van der Waals surface area contributed by atoms with E-state index >= 15 is 0 Å². The standard InChI is InChI=1S/C28H33N3O3/c1-19(21-16-26-24-17-23(32-2)7-6-20(24)8-11-31(26)18-21)29-22-9-12-30(13-10-22)25-4-3-5-27-28(25)34-15-14-33-27/h3-7,16-19,22,29H,8-15H2,1-2H3. The molecule has 0 amide bonds. The molecule has 3 aliphatic rings. The van der Waals surface area contributed by atoms with Crippen LogP contribution in [0.4, 0.5) is 5.69 Å². The highest BCUT2D eigenvalue weighted by Gasteiger charge is 2.26. The van der Waals surface area contributed by atoms with Crippen LogP contribution in [-0.2, 0) is 13.0 Å². The zero-order valence-electron chi connectivity index (χ0n) is 20.0. The number of ether oxygens (including phenoxy) is 3. The number of fused-ring (bicyclic) bond motifs is 4. The molecule has 2 aromatic carbocycles. The van der Waals surface area contributed by atoms with Crippen LogP contribution in [0, 0.1) is 0 Å². The molecular formula is C28H33N3O3. The van der Waals surface area contributed by atoms with Gasteiger partial charge in [-0.25, -0.2) is 0 Å². The molecule has 6 rings (SSSR count). The number of hydrogen-bond acceptors (Lipinski definition) is 5. The molecule has 3 aromatic rings. The smallest absolute Gasteiger partial charge is 0.184 e. The third-order valence-electron chi connectivity index (χ3n) is 7.50. The number of methoxy groups -OCH3 is 1. The summed E-state index contributed by atoms with van der Waals surface area (Å²) >= 11 is 0. The van der Waals surface area contributed by atoms with Crippen molar-refractivity contribution in [2.75, 3.05) is 38.3 Å². The molecule has 0 bridgehead atoms. The Labute approximate surface area is 201 Å². The molecule has 6 heteroatoms. The van der Waals surface area contributed by atoms with E-state index in [1.165, 1.54) is 22.4 Å². The number of hydrogen-bond donors (Lipinski definition) is 1. The minimum absolute atomic E-state index is 0.310. The van der Waals surface area contributed by atoms with Crippen molar-refractivity contribution in [3.8, 4) is 28.5 Å². The maximum Gasteiger partial charge on any atom is 0.184 e. The molecule has 1 N–H and O–H groups in total. The van der Waals surface area contributed by atoms with E-state index in [4.69, 9.17) is 14.2 Å². The molecule has 1 unspecified atom stereocenters. The van der Waals surface area contributed by atoms with Crippen LogP contribution < -0.4 is 24.4 Å². The van der Waals surface area contributed by atoms with Gasteiger partial charge in [0.25, 0.3) is 0 Å². The summed E-state index contributed by atoms with van der Waals surface area (Å²) in [5, 5.41) is 3.90. The first kappa shape index (κ1) is 21.4. The van der Waals surface area contributed by atoms with Gasteiger partial charge >= 0.3 is 0 Å². The lowest BCUT2D eigenvalue weighted by molar-refractivity contribution is 0.172. The minimum Gasteiger partial charge on any atom is -0.497 e. The summed E-state index contributed by atoms with van der Waals surface area (Å²) < 4.78 is 19.6. The molecule has 34 heavy (non-hydrogen) atoms. The first-order chi connectivity index (χ1) is 16.7. The van der Waals surface area contributed by atoms with Gasteiger partial charge in [-0.05, 0) is 67.6 Å². The third-order valence-corrected chi connectivity index (χ3v) is 7.50. The number of aryl methyl sites for hydroxylation is 2. The van der Waals surface area contributed by atoms with E-state index in [9.17, 15) is 0 Å². The van der Waals surface area contributed by atoms with Crippen molar-refractivity contribution in [1.29, 1.82) is 0 Å². The average molecular weight is 460 g/mol. The number of anilines is 1. The van der Waals surface area contributed by atoms with Gasteiger partial charge in [-0.2, -0.15) is 0 Å². The van der Waals surface area contributed by atoms with Gasteiger partial charge in [0, 0.05) is 49.2 Å². The van der Waals surface area contributed by atoms with Crippen molar-refractivity contribution >= 4 is 5.69 Å². The molecule has 3 aliphatic heterocycles. The Bertz CT molecular complexity index is 1180. The van der Waals surface area contributed by atoms with Crippen LogP contribution >= 0.6 is 0 Å². The topological polar surface area (TPSA) is 47.9 Å². The molecule has 1 saturated heterocycles. The predicted molar refractivity (Wildman–Crippen MR) is 134 cm³/mol. The lowest BCUT2D eigenvalue weighted by Crippen LogP contribution is -2.43. The maximum atomic E-state index is 5.94. The summed E-state index contributed by atoms with van der Waals surface area (Å²) in [6.45, 7) is 6.61. The van der Waals surface area contributed by atoms with Gasteiger partial charge in [0.2, 0.25) is 0 Å². The Morgan fingerprint density at radius 3 is 2.74 bits per heavy atom. The zero-order valence-corrected chi connectivity index (χ0v) is 20.0. The van der Waals surface area contributed by atoms with Crippen molar-refractivity contribution < 1.29 is 14.2 Å². The van der Waals surface area contributed by atoms with Crippen LogP contribution in [0.15, 0.2) is 48.7 Å². The third kappa shape index (κ3) is 3.90. The second kappa shape index (κ2) is 8.91. The highest BCUT2D eigenvalue weighted by Crippen LogP contribution is 2.40. The van der Waals surface area contributed by atoms with Crippen molar-refractivity contribution in [2.24, 2.45) is 0 Å². The largest absolute Gasteiger partial charge is 0.497 e. The van der Waals surface area contributed by atoms with E-state index in [2.05, 4.69) is 64.3 Å². The first-order valence-corrected chi connectivity index (χ1v) is 12.5. The molecule has 1 aromatic heterocycles. The monoisotopic (exact) mass is 459 g/mol. The molecule has 178 valence electrons. The summed E-state index contributed by atoms with van der Waals surface area (Å²) in [4.78, 5) is 2.44. The normalized spacial score (nSPS) is 18.2. The van der Waals surface area contributed by atoms with E-state index in [1.54, 1.807) is 7.11 Å². The van der Waals surface area contributed by atoms with Gasteiger partial charge < -0.3 is 29.0 Å². The van der Waals surface area contributed by atoms with Gasteiger partial charge in [0.1, 0.15) is 19.0 Å². The summed E-state index contributed by atoms with van der Waals surface area (Å²) in [6, 6.07) is 15.9. The molecule has 0 saturated carbocycles. The average Bonchev–Trinajstić information content (AvgIpc) is 3.34. The highest BCUT2D eigenvalue weighted by molar-refractivity contribution is 5.69. The van der Waals surface area contributed by atoms with Gasteiger partial charge in [-0.3, -0.25) is 0 Å². The first-order valence-electron chi connectivity index (χ1n) is 12.5. The van der Waals surface area contributed by atoms with E-state index in [-0.39, 0.29) is 0 Å². The summed E-state index contributed by atoms with van der Waals surface area (Å²) in [5.41, 5.74) is 6.53. The molecule has 1 atom stereocenters. The van der Waals surface area contributed by atoms with Gasteiger partial charge in [-0.15, -0.1) is 0 Å². The SMILES string of the molecule is COc1ccc2c(c1)-c1cc(C(C)NC3CCN(c4cccc5c4OCCO5)CC3)cn1CC2. The number of nitrogens with one attached hydrogen (secondary N) is 1. The number of aromatic nitrogens is 1. The van der Waals surface area contributed by atoms with Gasteiger partial charge in [0.15, 0.2) is 11.5 Å². The quantitative estimate of drug-likeness (QED) is 0.593. The maximum absolute atomic E-state index is 5.94. The fraction of sp³-hybridized carbons (Fsp3) is 0.429. The van der Waals surface area contributed by atoms with Crippen molar-refractivity contribution in [2.45, 2.75) is 44.8 Å². The number of nitrogens with zero attached hydrogens (tertiary/aromatic N) is 2. The fourth-order valence-corrected chi connectivity index (χ4v) is 5.61. The van der Waals surface area contributed by atoms with Crippen LogP contribution in [0.25, 0.3) is 11.3 Å². The van der Waals surface area contributed by atoms with E-state index in [0.29, 0.717) is 25.3 Å². The Morgan fingerprint density at radius 2 is 1.88 bits per heavy atom. The van der Waals surface area contributed by atoms with Gasteiger partial charge in [-0.1, -0.05) is 12.1 Å². The number of rotatable bonds is 5. The lowest BCUT2D eigenvalue weighted by Gasteiger charge is -2.36. The van der Waals surface area contributed by atoms with Crippen LogP contribution in [0.3, 0.4) is 0 Å². The number of piperidine rings is 1. The van der Waals surface area contributed by atoms with Crippen LogP contribution in [0.2, 0.25) is 0 Å². The van der Waals surface area contributed by atoms with E-state index in [1.807, 2.05) is 6.07 Å². The summed E-state index contributed by atoms with van der Waals surface area (Å²) in [5.74, 6) is 2.70.